The fourth-order valence-corrected chi connectivity index (χ4v) is 6.13. The van der Waals surface area contributed by atoms with Crippen LogP contribution >= 0.6 is 0 Å². The van der Waals surface area contributed by atoms with Crippen LogP contribution in [0.25, 0.3) is 0 Å². The molecule has 0 N–H and O–H groups in total. The number of nitrogens with zero attached hydrogens (tertiary/aromatic N) is 2. The summed E-state index contributed by atoms with van der Waals surface area (Å²) in [4.78, 5) is 10.9. The van der Waals surface area contributed by atoms with Gasteiger partial charge in [-0.1, -0.05) is 60.2 Å². The lowest BCUT2D eigenvalue weighted by atomic mass is 9.86. The fourth-order valence-electron chi connectivity index (χ4n) is 4.34. The first kappa shape index (κ1) is 21.9. The normalized spacial score (nSPS) is 18.7. The van der Waals surface area contributed by atoms with Crippen molar-refractivity contribution in [3.63, 3.8) is 0 Å². The average Bonchev–Trinajstić information content (AvgIpc) is 2.79. The van der Waals surface area contributed by atoms with Crippen LogP contribution < -0.4 is 0 Å². The van der Waals surface area contributed by atoms with E-state index in [0.717, 1.165) is 22.3 Å². The third-order valence-electron chi connectivity index (χ3n) is 5.92. The van der Waals surface area contributed by atoms with E-state index in [4.69, 9.17) is 0 Å². The molecule has 0 saturated carbocycles. The van der Waals surface area contributed by atoms with Gasteiger partial charge in [-0.3, -0.25) is 10.1 Å². The number of hydrogen-bond acceptors (Lipinski definition) is 4. The molecule has 0 aliphatic carbocycles. The molecule has 3 aromatic rings. The van der Waals surface area contributed by atoms with Crippen molar-refractivity contribution in [3.8, 4) is 0 Å². The zero-order valence-corrected chi connectivity index (χ0v) is 18.5. The van der Waals surface area contributed by atoms with Gasteiger partial charge in [-0.15, -0.1) is 6.58 Å². The smallest absolute Gasteiger partial charge is 0.258 e. The van der Waals surface area contributed by atoms with E-state index in [-0.39, 0.29) is 10.6 Å². The summed E-state index contributed by atoms with van der Waals surface area (Å²) in [6.07, 6.45) is 2.66. The molecule has 1 aliphatic rings. The summed E-state index contributed by atoms with van der Waals surface area (Å²) in [6, 6.07) is 19.9. The second kappa shape index (κ2) is 8.68. The maximum Gasteiger partial charge on any atom is 0.269 e. The maximum atomic E-state index is 13.9. The van der Waals surface area contributed by atoms with Gasteiger partial charge in [0, 0.05) is 12.1 Å². The average molecular weight is 449 g/mol. The van der Waals surface area contributed by atoms with Crippen molar-refractivity contribution in [2.24, 2.45) is 0 Å². The number of nitro benzene ring substituents is 1. The highest BCUT2D eigenvalue weighted by molar-refractivity contribution is 7.89. The van der Waals surface area contributed by atoms with E-state index in [1.807, 2.05) is 31.2 Å². The third-order valence-corrected chi connectivity index (χ3v) is 7.85. The minimum atomic E-state index is -3.86. The van der Waals surface area contributed by atoms with Gasteiger partial charge in [0.2, 0.25) is 10.0 Å². The van der Waals surface area contributed by atoms with Crippen LogP contribution in [0.5, 0.6) is 0 Å². The van der Waals surface area contributed by atoms with Gasteiger partial charge in [0.1, 0.15) is 0 Å². The Morgan fingerprint density at radius 1 is 1.06 bits per heavy atom. The van der Waals surface area contributed by atoms with Gasteiger partial charge in [-0.2, -0.15) is 4.31 Å². The minimum absolute atomic E-state index is 0.0273. The van der Waals surface area contributed by atoms with Gasteiger partial charge in [0.05, 0.1) is 21.9 Å². The first-order valence-corrected chi connectivity index (χ1v) is 11.8. The first-order valence-electron chi connectivity index (χ1n) is 10.4. The van der Waals surface area contributed by atoms with Crippen LogP contribution in [0.3, 0.4) is 0 Å². The number of nitro groups is 1. The highest BCUT2D eigenvalue weighted by Gasteiger charge is 2.42. The molecule has 0 amide bonds. The molecule has 2 atom stereocenters. The third kappa shape index (κ3) is 3.97. The summed E-state index contributed by atoms with van der Waals surface area (Å²) >= 11 is 0. The van der Waals surface area contributed by atoms with Gasteiger partial charge < -0.3 is 0 Å². The number of sulfonamides is 1. The molecule has 3 aromatic carbocycles. The van der Waals surface area contributed by atoms with Crippen molar-refractivity contribution in [1.29, 1.82) is 0 Å². The van der Waals surface area contributed by atoms with Crippen molar-refractivity contribution < 1.29 is 13.3 Å². The molecular weight excluding hydrogens is 424 g/mol. The Labute approximate surface area is 188 Å². The standard InChI is InChI=1S/C25H24N2O4S/c1-3-6-24-23-8-5-4-7-20(23)17-25(19-11-13-21(14-12-19)27(28)29)26(24)32(30,31)22-15-9-18(2)10-16-22/h3-5,7-16,24-25H,1,6,17H2,2H3/t24-,25-/m1/s1. The lowest BCUT2D eigenvalue weighted by molar-refractivity contribution is -0.384. The molecular formula is C25H24N2O4S. The van der Waals surface area contributed by atoms with Crippen molar-refractivity contribution in [1.82, 2.24) is 4.31 Å². The Bertz CT molecular complexity index is 1250. The van der Waals surface area contributed by atoms with Crippen LogP contribution in [-0.2, 0) is 16.4 Å². The predicted molar refractivity (Wildman–Crippen MR) is 124 cm³/mol. The van der Waals surface area contributed by atoms with Crippen molar-refractivity contribution in [3.05, 3.63) is 118 Å². The zero-order valence-electron chi connectivity index (χ0n) is 17.7. The number of aryl methyl sites for hydroxylation is 1. The lowest BCUT2D eigenvalue weighted by Crippen LogP contribution is -2.42. The quantitative estimate of drug-likeness (QED) is 0.283. The molecule has 0 saturated heterocycles. The second-order valence-corrected chi connectivity index (χ2v) is 9.80. The number of rotatable bonds is 6. The molecule has 0 aromatic heterocycles. The second-order valence-electron chi connectivity index (χ2n) is 7.96. The summed E-state index contributed by atoms with van der Waals surface area (Å²) < 4.78 is 29.4. The van der Waals surface area contributed by atoms with Gasteiger partial charge in [-0.05, 0) is 48.6 Å². The minimum Gasteiger partial charge on any atom is -0.258 e. The van der Waals surface area contributed by atoms with Crippen LogP contribution in [0, 0.1) is 17.0 Å². The van der Waals surface area contributed by atoms with Crippen LogP contribution in [0.1, 0.15) is 40.8 Å². The molecule has 164 valence electrons. The van der Waals surface area contributed by atoms with E-state index >= 15 is 0 Å². The Balaban J connectivity index is 1.90. The molecule has 0 bridgehead atoms. The summed E-state index contributed by atoms with van der Waals surface area (Å²) in [7, 11) is -3.86. The molecule has 0 radical (unpaired) electrons. The molecule has 4 rings (SSSR count). The van der Waals surface area contributed by atoms with Crippen LogP contribution in [0.2, 0.25) is 0 Å². The molecule has 0 fully saturated rings. The first-order chi connectivity index (χ1) is 15.3. The van der Waals surface area contributed by atoms with E-state index < -0.39 is 27.0 Å². The largest absolute Gasteiger partial charge is 0.269 e. The Morgan fingerprint density at radius 3 is 2.34 bits per heavy atom. The summed E-state index contributed by atoms with van der Waals surface area (Å²) in [5.41, 5.74) is 3.69. The summed E-state index contributed by atoms with van der Waals surface area (Å²) in [6.45, 7) is 5.77. The Kier molecular flexibility index (Phi) is 5.95. The summed E-state index contributed by atoms with van der Waals surface area (Å²) in [5.74, 6) is 0. The van der Waals surface area contributed by atoms with Gasteiger partial charge >= 0.3 is 0 Å². The number of benzene rings is 3. The van der Waals surface area contributed by atoms with Crippen LogP contribution in [0.15, 0.2) is 90.3 Å². The Morgan fingerprint density at radius 2 is 1.72 bits per heavy atom. The van der Waals surface area contributed by atoms with E-state index in [2.05, 4.69) is 6.58 Å². The Hall–Kier alpha value is -3.29. The topological polar surface area (TPSA) is 80.5 Å². The van der Waals surface area contributed by atoms with Gasteiger partial charge in [0.15, 0.2) is 0 Å². The SMILES string of the molecule is C=CC[C@@H]1c2ccccc2C[C@H](c2ccc([N+](=O)[O-])cc2)N1S(=O)(=O)c1ccc(C)cc1. The number of non-ortho nitro benzene ring substituents is 1. The fraction of sp³-hybridized carbons (Fsp3) is 0.200. The van der Waals surface area contributed by atoms with Crippen LogP contribution in [-0.4, -0.2) is 17.6 Å². The molecule has 0 unspecified atom stereocenters. The summed E-state index contributed by atoms with van der Waals surface area (Å²) in [5, 5.41) is 11.1. The lowest BCUT2D eigenvalue weighted by Gasteiger charge is -2.42. The van der Waals surface area contributed by atoms with Crippen LogP contribution in [0.4, 0.5) is 5.69 Å². The van der Waals surface area contributed by atoms with Gasteiger partial charge in [-0.25, -0.2) is 8.42 Å². The predicted octanol–water partition coefficient (Wildman–Crippen LogP) is 5.51. The zero-order chi connectivity index (χ0) is 22.9. The molecule has 7 heteroatoms. The van der Waals surface area contributed by atoms with E-state index in [9.17, 15) is 18.5 Å². The maximum absolute atomic E-state index is 13.9. The highest BCUT2D eigenvalue weighted by atomic mass is 32.2. The molecule has 1 aliphatic heterocycles. The molecule has 6 nitrogen and oxygen atoms in total. The molecule has 32 heavy (non-hydrogen) atoms. The molecule has 0 spiro atoms. The van der Waals surface area contributed by atoms with Crippen molar-refractivity contribution in [2.45, 2.75) is 36.7 Å². The van der Waals surface area contributed by atoms with Crippen molar-refractivity contribution in [2.75, 3.05) is 0 Å². The highest BCUT2D eigenvalue weighted by Crippen LogP contribution is 2.45. The van der Waals surface area contributed by atoms with Crippen molar-refractivity contribution >= 4 is 15.7 Å². The van der Waals surface area contributed by atoms with Gasteiger partial charge in [0.25, 0.3) is 5.69 Å². The van der Waals surface area contributed by atoms with E-state index in [1.165, 1.54) is 12.1 Å². The monoisotopic (exact) mass is 448 g/mol. The van der Waals surface area contributed by atoms with E-state index in [0.29, 0.717) is 12.8 Å². The number of fused-ring (bicyclic) bond motifs is 1. The van der Waals surface area contributed by atoms with E-state index in [1.54, 1.807) is 46.8 Å². The molecule has 1 heterocycles. The number of hydrogen-bond donors (Lipinski definition) is 0.